The highest BCUT2D eigenvalue weighted by Gasteiger charge is 2.26. The fourth-order valence-corrected chi connectivity index (χ4v) is 2.17. The lowest BCUT2D eigenvalue weighted by molar-refractivity contribution is -0.145. The second kappa shape index (κ2) is 6.89. The molecular formula is C16H19N3O3. The summed E-state index contributed by atoms with van der Waals surface area (Å²) in [5, 5.41) is 9.02. The zero-order valence-corrected chi connectivity index (χ0v) is 12.8. The van der Waals surface area contributed by atoms with Crippen molar-refractivity contribution in [3.05, 3.63) is 52.8 Å². The molecule has 1 aromatic heterocycles. The van der Waals surface area contributed by atoms with Crippen molar-refractivity contribution in [1.82, 2.24) is 15.5 Å². The number of rotatable bonds is 5. The highest BCUT2D eigenvalue weighted by molar-refractivity contribution is 5.96. The van der Waals surface area contributed by atoms with Crippen LogP contribution in [0.15, 0.2) is 30.6 Å². The van der Waals surface area contributed by atoms with Crippen molar-refractivity contribution in [2.24, 2.45) is 0 Å². The third-order valence-electron chi connectivity index (χ3n) is 3.52. The molecule has 0 aliphatic heterocycles. The number of carbonyl (C=O) groups excluding carboxylic acids is 2. The van der Waals surface area contributed by atoms with Crippen molar-refractivity contribution < 1.29 is 14.3 Å². The lowest BCUT2D eigenvalue weighted by Crippen LogP contribution is -2.35. The fraction of sp³-hybridized carbons (Fsp3) is 0.312. The summed E-state index contributed by atoms with van der Waals surface area (Å²) in [6.07, 6.45) is 2.88. The molecule has 1 amide bonds. The van der Waals surface area contributed by atoms with Crippen LogP contribution in [0, 0.1) is 13.8 Å². The maximum Gasteiger partial charge on any atom is 0.333 e. The van der Waals surface area contributed by atoms with Crippen LogP contribution in [0.2, 0.25) is 0 Å². The van der Waals surface area contributed by atoms with Crippen LogP contribution in [0.5, 0.6) is 0 Å². The molecule has 0 saturated carbocycles. The van der Waals surface area contributed by atoms with Gasteiger partial charge in [0.05, 0.1) is 18.4 Å². The third-order valence-corrected chi connectivity index (χ3v) is 3.52. The van der Waals surface area contributed by atoms with E-state index in [9.17, 15) is 9.59 Å². The third kappa shape index (κ3) is 3.33. The lowest BCUT2D eigenvalue weighted by Gasteiger charge is -2.20. The van der Waals surface area contributed by atoms with Crippen molar-refractivity contribution >= 4 is 11.9 Å². The van der Waals surface area contributed by atoms with Crippen LogP contribution in [-0.4, -0.2) is 28.7 Å². The van der Waals surface area contributed by atoms with Crippen molar-refractivity contribution in [1.29, 1.82) is 0 Å². The first-order valence-corrected chi connectivity index (χ1v) is 7.07. The van der Waals surface area contributed by atoms with Crippen LogP contribution in [0.1, 0.15) is 40.0 Å². The molecule has 0 saturated heterocycles. The van der Waals surface area contributed by atoms with Gasteiger partial charge in [0.15, 0.2) is 6.04 Å². The molecule has 0 spiro atoms. The number of aromatic nitrogens is 2. The minimum absolute atomic E-state index is 0.252. The highest BCUT2D eigenvalue weighted by atomic mass is 16.5. The summed E-state index contributed by atoms with van der Waals surface area (Å²) in [6.45, 7) is 5.86. The molecule has 1 atom stereocenters. The van der Waals surface area contributed by atoms with Crippen molar-refractivity contribution in [3.63, 3.8) is 0 Å². The maximum atomic E-state index is 12.3. The van der Waals surface area contributed by atoms with E-state index < -0.39 is 12.0 Å². The summed E-state index contributed by atoms with van der Waals surface area (Å²) in [5.41, 5.74) is 3.09. The topological polar surface area (TPSA) is 84.1 Å². The standard InChI is InChI=1S/C16H19N3O3/c1-4-22-16(21)14(13-7-5-6-10(2)11(13)3)19-15(20)12-8-17-18-9-12/h5-9,14H,4H2,1-3H3,(H,17,18)(H,19,20)/t14-/m1/s1. The van der Waals surface area contributed by atoms with E-state index in [2.05, 4.69) is 15.5 Å². The normalized spacial score (nSPS) is 11.8. The second-order valence-electron chi connectivity index (χ2n) is 4.93. The van der Waals surface area contributed by atoms with Gasteiger partial charge in [-0.25, -0.2) is 4.79 Å². The Balaban J connectivity index is 2.32. The number of nitrogens with zero attached hydrogens (tertiary/aromatic N) is 1. The van der Waals surface area contributed by atoms with Crippen LogP contribution in [0.25, 0.3) is 0 Å². The van der Waals surface area contributed by atoms with Gasteiger partial charge in [0.1, 0.15) is 0 Å². The Bertz CT molecular complexity index is 665. The van der Waals surface area contributed by atoms with E-state index in [0.717, 1.165) is 16.7 Å². The van der Waals surface area contributed by atoms with Crippen LogP contribution in [0.3, 0.4) is 0 Å². The fourth-order valence-electron chi connectivity index (χ4n) is 2.17. The average molecular weight is 301 g/mol. The summed E-state index contributed by atoms with van der Waals surface area (Å²) >= 11 is 0. The number of H-pyrrole nitrogens is 1. The molecule has 6 heteroatoms. The van der Waals surface area contributed by atoms with Gasteiger partial charge in [-0.3, -0.25) is 9.89 Å². The summed E-state index contributed by atoms with van der Waals surface area (Å²) in [6, 6.07) is 4.79. The van der Waals surface area contributed by atoms with E-state index in [4.69, 9.17) is 4.74 Å². The smallest absolute Gasteiger partial charge is 0.333 e. The van der Waals surface area contributed by atoms with Crippen molar-refractivity contribution in [2.45, 2.75) is 26.8 Å². The van der Waals surface area contributed by atoms with Crippen molar-refractivity contribution in [2.75, 3.05) is 6.61 Å². The summed E-state index contributed by atoms with van der Waals surface area (Å²) < 4.78 is 5.09. The molecular weight excluding hydrogens is 282 g/mol. The Morgan fingerprint density at radius 3 is 2.77 bits per heavy atom. The first-order chi connectivity index (χ1) is 10.5. The van der Waals surface area contributed by atoms with Gasteiger partial charge in [0, 0.05) is 6.20 Å². The lowest BCUT2D eigenvalue weighted by atomic mass is 9.97. The number of esters is 1. The highest BCUT2D eigenvalue weighted by Crippen LogP contribution is 2.22. The van der Waals surface area contributed by atoms with Gasteiger partial charge in [-0.05, 0) is 37.5 Å². The van der Waals surface area contributed by atoms with Gasteiger partial charge in [-0.1, -0.05) is 18.2 Å². The first-order valence-electron chi connectivity index (χ1n) is 7.07. The Labute approximate surface area is 128 Å². The summed E-state index contributed by atoms with van der Waals surface area (Å²) in [4.78, 5) is 24.5. The number of amides is 1. The van der Waals surface area contributed by atoms with Crippen LogP contribution >= 0.6 is 0 Å². The Kier molecular flexibility index (Phi) is 4.93. The van der Waals surface area contributed by atoms with Gasteiger partial charge in [-0.2, -0.15) is 5.10 Å². The molecule has 1 aromatic carbocycles. The van der Waals surface area contributed by atoms with Crippen LogP contribution < -0.4 is 5.32 Å². The van der Waals surface area contributed by atoms with E-state index in [1.165, 1.54) is 12.4 Å². The van der Waals surface area contributed by atoms with E-state index in [1.54, 1.807) is 6.92 Å². The van der Waals surface area contributed by atoms with Gasteiger partial charge in [0.2, 0.25) is 0 Å². The quantitative estimate of drug-likeness (QED) is 0.828. The van der Waals surface area contributed by atoms with E-state index in [1.807, 2.05) is 32.0 Å². The molecule has 0 radical (unpaired) electrons. The SMILES string of the molecule is CCOC(=O)[C@H](NC(=O)c1cn[nH]c1)c1cccc(C)c1C. The molecule has 0 fully saturated rings. The monoisotopic (exact) mass is 301 g/mol. The minimum Gasteiger partial charge on any atom is -0.464 e. The molecule has 2 N–H and O–H groups in total. The number of benzene rings is 1. The number of ether oxygens (including phenoxy) is 1. The zero-order chi connectivity index (χ0) is 16.1. The predicted molar refractivity (Wildman–Crippen MR) is 81.3 cm³/mol. The van der Waals surface area contributed by atoms with E-state index in [0.29, 0.717) is 5.56 Å². The van der Waals surface area contributed by atoms with Gasteiger partial charge >= 0.3 is 5.97 Å². The Hall–Kier alpha value is -2.63. The predicted octanol–water partition coefficient (Wildman–Crippen LogP) is 2.06. The molecule has 116 valence electrons. The van der Waals surface area contributed by atoms with Crippen LogP contribution in [-0.2, 0) is 9.53 Å². The first kappa shape index (κ1) is 15.8. The summed E-state index contributed by atoms with van der Waals surface area (Å²) in [5.74, 6) is -0.860. The number of hydrogen-bond acceptors (Lipinski definition) is 4. The molecule has 0 aliphatic rings. The molecule has 1 heterocycles. The number of aromatic amines is 1. The molecule has 22 heavy (non-hydrogen) atoms. The van der Waals surface area contributed by atoms with Crippen LogP contribution in [0.4, 0.5) is 0 Å². The number of carbonyl (C=O) groups is 2. The molecule has 0 bridgehead atoms. The van der Waals surface area contributed by atoms with E-state index in [-0.39, 0.29) is 12.5 Å². The van der Waals surface area contributed by atoms with Crippen molar-refractivity contribution in [3.8, 4) is 0 Å². The number of hydrogen-bond donors (Lipinski definition) is 2. The Morgan fingerprint density at radius 2 is 2.14 bits per heavy atom. The minimum atomic E-state index is -0.845. The van der Waals surface area contributed by atoms with Gasteiger partial charge in [-0.15, -0.1) is 0 Å². The van der Waals surface area contributed by atoms with Gasteiger partial charge in [0.25, 0.3) is 5.91 Å². The maximum absolute atomic E-state index is 12.3. The zero-order valence-electron chi connectivity index (χ0n) is 12.8. The number of aryl methyl sites for hydroxylation is 1. The largest absolute Gasteiger partial charge is 0.464 e. The molecule has 2 rings (SSSR count). The Morgan fingerprint density at radius 1 is 1.36 bits per heavy atom. The second-order valence-corrected chi connectivity index (χ2v) is 4.93. The molecule has 0 aliphatic carbocycles. The summed E-state index contributed by atoms with van der Waals surface area (Å²) in [7, 11) is 0. The molecule has 2 aromatic rings. The van der Waals surface area contributed by atoms with E-state index >= 15 is 0 Å². The molecule has 6 nitrogen and oxygen atoms in total. The number of nitrogens with one attached hydrogen (secondary N) is 2. The van der Waals surface area contributed by atoms with Gasteiger partial charge < -0.3 is 10.1 Å². The average Bonchev–Trinajstić information content (AvgIpc) is 3.02. The molecule has 0 unspecified atom stereocenters.